The molecule has 3 nitrogen and oxygen atoms in total. The number of benzene rings is 2. The molecule has 0 fully saturated rings. The molecule has 2 N–H and O–H groups in total. The van der Waals surface area contributed by atoms with Gasteiger partial charge in [0.2, 0.25) is 0 Å². The molecule has 21 heavy (non-hydrogen) atoms. The van der Waals surface area contributed by atoms with Crippen LogP contribution in [0.1, 0.15) is 22.8 Å². The van der Waals surface area contributed by atoms with Gasteiger partial charge in [-0.2, -0.15) is 0 Å². The highest BCUT2D eigenvalue weighted by molar-refractivity contribution is 5.55. The van der Waals surface area contributed by atoms with E-state index < -0.39 is 0 Å². The maximum Gasteiger partial charge on any atom is 0.0866 e. The topological polar surface area (TPSA) is 38.5 Å². The monoisotopic (exact) mass is 282 g/mol. The van der Waals surface area contributed by atoms with Gasteiger partial charge in [-0.25, -0.2) is 0 Å². The Morgan fingerprint density at radius 2 is 2.00 bits per heavy atom. The summed E-state index contributed by atoms with van der Waals surface area (Å²) in [5.74, 6) is 0. The predicted molar refractivity (Wildman–Crippen MR) is 86.4 cm³/mol. The smallest absolute Gasteiger partial charge is 0.0866 e. The third-order valence-electron chi connectivity index (χ3n) is 4.11. The minimum atomic E-state index is 0.117. The van der Waals surface area contributed by atoms with Crippen molar-refractivity contribution in [1.82, 2.24) is 0 Å². The lowest BCUT2D eigenvalue weighted by Gasteiger charge is -2.29. The number of fused-ring (bicyclic) bond motifs is 1. The van der Waals surface area contributed by atoms with Crippen LogP contribution in [0.4, 0.5) is 5.69 Å². The molecular weight excluding hydrogens is 260 g/mol. The Morgan fingerprint density at radius 1 is 1.19 bits per heavy atom. The summed E-state index contributed by atoms with van der Waals surface area (Å²) in [6, 6.07) is 17.0. The SMILES string of the molecule is CN1CCOC(c2ccccc2)Cc2cc(CN)ccc21. The highest BCUT2D eigenvalue weighted by atomic mass is 16.5. The van der Waals surface area contributed by atoms with Gasteiger partial charge in [-0.3, -0.25) is 0 Å². The van der Waals surface area contributed by atoms with Crippen LogP contribution >= 0.6 is 0 Å². The number of likely N-dealkylation sites (N-methyl/N-ethyl adjacent to an activating group) is 1. The van der Waals surface area contributed by atoms with Gasteiger partial charge < -0.3 is 15.4 Å². The third kappa shape index (κ3) is 3.09. The molecule has 0 radical (unpaired) electrons. The summed E-state index contributed by atoms with van der Waals surface area (Å²) in [6.45, 7) is 2.22. The second-order valence-electron chi connectivity index (χ2n) is 5.56. The highest BCUT2D eigenvalue weighted by Crippen LogP contribution is 2.30. The Bertz CT molecular complexity index is 597. The molecule has 1 unspecified atom stereocenters. The van der Waals surface area contributed by atoms with Crippen LogP contribution in [0.5, 0.6) is 0 Å². The van der Waals surface area contributed by atoms with Crippen LogP contribution in [0.25, 0.3) is 0 Å². The first kappa shape index (κ1) is 14.1. The number of nitrogens with two attached hydrogens (primary N) is 1. The third-order valence-corrected chi connectivity index (χ3v) is 4.11. The molecule has 110 valence electrons. The number of rotatable bonds is 2. The summed E-state index contributed by atoms with van der Waals surface area (Å²) in [7, 11) is 2.12. The minimum Gasteiger partial charge on any atom is -0.372 e. The molecule has 2 aromatic carbocycles. The molecule has 3 heteroatoms. The molecule has 1 atom stereocenters. The number of hydrogen-bond acceptors (Lipinski definition) is 3. The second kappa shape index (κ2) is 6.29. The fourth-order valence-corrected chi connectivity index (χ4v) is 2.89. The number of nitrogens with zero attached hydrogens (tertiary/aromatic N) is 1. The van der Waals surface area contributed by atoms with Gasteiger partial charge in [0.25, 0.3) is 0 Å². The van der Waals surface area contributed by atoms with Crippen LogP contribution < -0.4 is 10.6 Å². The Kier molecular flexibility index (Phi) is 4.23. The second-order valence-corrected chi connectivity index (χ2v) is 5.56. The maximum atomic E-state index is 6.10. The van der Waals surface area contributed by atoms with Crippen molar-refractivity contribution in [3.63, 3.8) is 0 Å². The molecule has 2 aromatic rings. The highest BCUT2D eigenvalue weighted by Gasteiger charge is 2.19. The Balaban J connectivity index is 1.96. The van der Waals surface area contributed by atoms with Crippen LogP contribution in [-0.2, 0) is 17.7 Å². The summed E-state index contributed by atoms with van der Waals surface area (Å²) in [6.07, 6.45) is 1.00. The standard InChI is InChI=1S/C18H22N2O/c1-20-9-10-21-18(15-5-3-2-4-6-15)12-16-11-14(13-19)7-8-17(16)20/h2-8,11,18H,9-10,12-13,19H2,1H3. The van der Waals surface area contributed by atoms with Crippen LogP contribution in [0.15, 0.2) is 48.5 Å². The van der Waals surface area contributed by atoms with Gasteiger partial charge >= 0.3 is 0 Å². The van der Waals surface area contributed by atoms with E-state index in [1.807, 2.05) is 6.07 Å². The first-order chi connectivity index (χ1) is 10.3. The van der Waals surface area contributed by atoms with Crippen molar-refractivity contribution in [2.75, 3.05) is 25.1 Å². The number of hydrogen-bond donors (Lipinski definition) is 1. The van der Waals surface area contributed by atoms with Gasteiger partial charge in [-0.15, -0.1) is 0 Å². The van der Waals surface area contributed by atoms with Crippen LogP contribution in [0.3, 0.4) is 0 Å². The maximum absolute atomic E-state index is 6.10. The summed E-state index contributed by atoms with van der Waals surface area (Å²) < 4.78 is 6.10. The van der Waals surface area contributed by atoms with E-state index in [9.17, 15) is 0 Å². The van der Waals surface area contributed by atoms with E-state index in [0.717, 1.165) is 19.6 Å². The van der Waals surface area contributed by atoms with Crippen molar-refractivity contribution in [2.24, 2.45) is 5.73 Å². The normalized spacial score (nSPS) is 18.8. The molecule has 3 rings (SSSR count). The van der Waals surface area contributed by atoms with Crippen molar-refractivity contribution < 1.29 is 4.74 Å². The zero-order valence-electron chi connectivity index (χ0n) is 12.5. The average Bonchev–Trinajstić information content (AvgIpc) is 2.52. The van der Waals surface area contributed by atoms with Crippen molar-refractivity contribution in [3.8, 4) is 0 Å². The van der Waals surface area contributed by atoms with Crippen molar-refractivity contribution in [1.29, 1.82) is 0 Å². The lowest BCUT2D eigenvalue weighted by molar-refractivity contribution is 0.0560. The van der Waals surface area contributed by atoms with Crippen molar-refractivity contribution >= 4 is 5.69 Å². The zero-order valence-corrected chi connectivity index (χ0v) is 12.5. The summed E-state index contributed by atoms with van der Waals surface area (Å²) >= 11 is 0. The fourth-order valence-electron chi connectivity index (χ4n) is 2.89. The molecule has 0 saturated carbocycles. The fraction of sp³-hybridized carbons (Fsp3) is 0.333. The molecular formula is C18H22N2O. The molecule has 0 aromatic heterocycles. The van der Waals surface area contributed by atoms with Crippen LogP contribution in [-0.4, -0.2) is 20.2 Å². The quantitative estimate of drug-likeness (QED) is 0.920. The van der Waals surface area contributed by atoms with E-state index in [1.54, 1.807) is 0 Å². The van der Waals surface area contributed by atoms with Gasteiger partial charge in [-0.05, 0) is 22.8 Å². The van der Waals surface area contributed by atoms with E-state index in [0.29, 0.717) is 6.54 Å². The lowest BCUT2D eigenvalue weighted by atomic mass is 9.97. The Labute approximate surface area is 126 Å². The van der Waals surface area contributed by atoms with E-state index in [1.165, 1.54) is 22.4 Å². The van der Waals surface area contributed by atoms with E-state index in [4.69, 9.17) is 10.5 Å². The van der Waals surface area contributed by atoms with Gasteiger partial charge in [0.15, 0.2) is 0 Å². The minimum absolute atomic E-state index is 0.117. The summed E-state index contributed by atoms with van der Waals surface area (Å²) in [5, 5.41) is 0. The Hall–Kier alpha value is -1.84. The van der Waals surface area contributed by atoms with Crippen LogP contribution in [0, 0.1) is 0 Å². The van der Waals surface area contributed by atoms with Crippen molar-refractivity contribution in [2.45, 2.75) is 19.1 Å². The Morgan fingerprint density at radius 3 is 2.76 bits per heavy atom. The molecule has 1 aliphatic heterocycles. The summed E-state index contributed by atoms with van der Waals surface area (Å²) in [5.41, 5.74) is 10.8. The molecule has 0 aliphatic carbocycles. The lowest BCUT2D eigenvalue weighted by Crippen LogP contribution is -2.28. The van der Waals surface area contributed by atoms with E-state index in [-0.39, 0.29) is 6.10 Å². The number of ether oxygens (including phenoxy) is 1. The molecule has 0 saturated heterocycles. The van der Waals surface area contributed by atoms with E-state index >= 15 is 0 Å². The number of anilines is 1. The zero-order chi connectivity index (χ0) is 14.7. The van der Waals surface area contributed by atoms with Crippen LogP contribution in [0.2, 0.25) is 0 Å². The first-order valence-corrected chi connectivity index (χ1v) is 7.47. The van der Waals surface area contributed by atoms with Gasteiger partial charge in [0.05, 0.1) is 12.7 Å². The van der Waals surface area contributed by atoms with Crippen molar-refractivity contribution in [3.05, 3.63) is 65.2 Å². The average molecular weight is 282 g/mol. The molecule has 0 spiro atoms. The molecule has 1 aliphatic rings. The van der Waals surface area contributed by atoms with Gasteiger partial charge in [0, 0.05) is 32.2 Å². The molecule has 1 heterocycles. The first-order valence-electron chi connectivity index (χ1n) is 7.47. The van der Waals surface area contributed by atoms with Gasteiger partial charge in [-0.1, -0.05) is 42.5 Å². The van der Waals surface area contributed by atoms with Gasteiger partial charge in [0.1, 0.15) is 0 Å². The largest absolute Gasteiger partial charge is 0.372 e. The molecule has 0 bridgehead atoms. The predicted octanol–water partition coefficient (Wildman–Crippen LogP) is 2.90. The van der Waals surface area contributed by atoms with E-state index in [2.05, 4.69) is 54.4 Å². The molecule has 0 amide bonds. The summed E-state index contributed by atoms with van der Waals surface area (Å²) in [4.78, 5) is 2.26.